The van der Waals surface area contributed by atoms with Gasteiger partial charge < -0.3 is 5.11 Å². The molecule has 0 unspecified atom stereocenters. The summed E-state index contributed by atoms with van der Waals surface area (Å²) in [5.41, 5.74) is 0.915. The first-order valence-corrected chi connectivity index (χ1v) is 4.97. The molecule has 0 amide bonds. The van der Waals surface area contributed by atoms with Crippen molar-refractivity contribution < 1.29 is 23.1 Å². The van der Waals surface area contributed by atoms with Crippen molar-refractivity contribution in [2.45, 2.75) is 39.4 Å². The van der Waals surface area contributed by atoms with Crippen LogP contribution in [0.25, 0.3) is 0 Å². The Morgan fingerprint density at radius 3 is 2.41 bits per heavy atom. The van der Waals surface area contributed by atoms with Gasteiger partial charge in [0.15, 0.2) is 0 Å². The van der Waals surface area contributed by atoms with Crippen LogP contribution in [0.1, 0.15) is 29.8 Å². The van der Waals surface area contributed by atoms with Crippen LogP contribution in [0.4, 0.5) is 13.2 Å². The normalized spacial score (nSPS) is 13.8. The minimum atomic E-state index is -4.37. The summed E-state index contributed by atoms with van der Waals surface area (Å²) in [5, 5.41) is 12.6. The number of hydrogen-bond acceptors (Lipinski definition) is 2. The van der Waals surface area contributed by atoms with Gasteiger partial charge in [0, 0.05) is 11.3 Å². The molecule has 0 saturated carbocycles. The number of carboxylic acids is 1. The Balaban J connectivity index is 3.14. The summed E-state index contributed by atoms with van der Waals surface area (Å²) in [6.07, 6.45) is -4.37. The number of nitrogens with zero attached hydrogens (tertiary/aromatic N) is 2. The number of aliphatic carboxylic acids is 1. The first kappa shape index (κ1) is 13.5. The molecule has 0 aliphatic rings. The highest BCUT2D eigenvalue weighted by Gasteiger charge is 2.31. The quantitative estimate of drug-likeness (QED) is 0.895. The maximum atomic E-state index is 12.2. The third-order valence-electron chi connectivity index (χ3n) is 2.57. The molecule has 7 heteroatoms. The Hall–Kier alpha value is -1.53. The summed E-state index contributed by atoms with van der Waals surface area (Å²) >= 11 is 0. The first-order chi connectivity index (χ1) is 7.63. The molecule has 96 valence electrons. The number of alkyl halides is 3. The average molecular weight is 250 g/mol. The summed E-state index contributed by atoms with van der Waals surface area (Å²) in [6.45, 7) is 3.18. The van der Waals surface area contributed by atoms with E-state index in [2.05, 4.69) is 5.10 Å². The van der Waals surface area contributed by atoms with E-state index in [4.69, 9.17) is 5.11 Å². The van der Waals surface area contributed by atoms with E-state index >= 15 is 0 Å². The highest BCUT2D eigenvalue weighted by atomic mass is 19.4. The van der Waals surface area contributed by atoms with Crippen LogP contribution in [0, 0.1) is 13.8 Å². The van der Waals surface area contributed by atoms with E-state index in [1.165, 1.54) is 20.8 Å². The van der Waals surface area contributed by atoms with Gasteiger partial charge in [-0.25, -0.2) is 0 Å². The second-order valence-corrected chi connectivity index (χ2v) is 3.92. The molecule has 0 bridgehead atoms. The number of aromatic nitrogens is 2. The Kier molecular flexibility index (Phi) is 3.49. The van der Waals surface area contributed by atoms with E-state index in [0.717, 1.165) is 4.68 Å². The molecule has 0 spiro atoms. The molecule has 1 heterocycles. The molecule has 1 aromatic rings. The molecule has 1 atom stereocenters. The molecular formula is C10H13F3N2O2. The standard InChI is InChI=1S/C10H13F3N2O2/c1-5(9(16)17)8-6(2)14-15(7(8)3)4-10(11,12)13/h5H,4H2,1-3H3,(H,16,17)/t5-/m1/s1. The highest BCUT2D eigenvalue weighted by molar-refractivity contribution is 5.76. The third kappa shape index (κ3) is 2.98. The smallest absolute Gasteiger partial charge is 0.408 e. The topological polar surface area (TPSA) is 55.1 Å². The maximum absolute atomic E-state index is 12.2. The summed E-state index contributed by atoms with van der Waals surface area (Å²) in [5.74, 6) is -1.94. The summed E-state index contributed by atoms with van der Waals surface area (Å²) in [4.78, 5) is 10.8. The molecule has 4 nitrogen and oxygen atoms in total. The monoisotopic (exact) mass is 250 g/mol. The average Bonchev–Trinajstić information content (AvgIpc) is 2.38. The highest BCUT2D eigenvalue weighted by Crippen LogP contribution is 2.26. The van der Waals surface area contributed by atoms with Crippen LogP contribution in [0.3, 0.4) is 0 Å². The van der Waals surface area contributed by atoms with E-state index in [9.17, 15) is 18.0 Å². The van der Waals surface area contributed by atoms with Gasteiger partial charge in [0.05, 0.1) is 11.6 Å². The molecule has 1 N–H and O–H groups in total. The van der Waals surface area contributed by atoms with Crippen LogP contribution in [0.5, 0.6) is 0 Å². The van der Waals surface area contributed by atoms with Crippen LogP contribution >= 0.6 is 0 Å². The van der Waals surface area contributed by atoms with Crippen LogP contribution in [-0.4, -0.2) is 27.0 Å². The summed E-state index contributed by atoms with van der Waals surface area (Å²) in [6, 6.07) is 0. The van der Waals surface area contributed by atoms with Crippen molar-refractivity contribution in [1.29, 1.82) is 0 Å². The molecule has 0 aliphatic heterocycles. The predicted molar refractivity (Wildman–Crippen MR) is 53.8 cm³/mol. The fourth-order valence-electron chi connectivity index (χ4n) is 1.78. The van der Waals surface area contributed by atoms with Gasteiger partial charge in [-0.15, -0.1) is 0 Å². The van der Waals surface area contributed by atoms with Crippen molar-refractivity contribution in [2.75, 3.05) is 0 Å². The van der Waals surface area contributed by atoms with E-state index in [0.29, 0.717) is 11.3 Å². The van der Waals surface area contributed by atoms with E-state index in [1.54, 1.807) is 0 Å². The number of aryl methyl sites for hydroxylation is 1. The van der Waals surface area contributed by atoms with Crippen molar-refractivity contribution in [3.8, 4) is 0 Å². The lowest BCUT2D eigenvalue weighted by atomic mass is 9.99. The molecule has 0 saturated heterocycles. The van der Waals surface area contributed by atoms with Gasteiger partial charge >= 0.3 is 12.1 Å². The van der Waals surface area contributed by atoms with E-state index in [-0.39, 0.29) is 5.69 Å². The van der Waals surface area contributed by atoms with Crippen LogP contribution < -0.4 is 0 Å². The van der Waals surface area contributed by atoms with Crippen molar-refractivity contribution in [3.05, 3.63) is 17.0 Å². The molecule has 0 aromatic carbocycles. The maximum Gasteiger partial charge on any atom is 0.408 e. The molecule has 0 aliphatic carbocycles. The van der Waals surface area contributed by atoms with Gasteiger partial charge in [0.25, 0.3) is 0 Å². The molecular weight excluding hydrogens is 237 g/mol. The number of hydrogen-bond donors (Lipinski definition) is 1. The van der Waals surface area contributed by atoms with E-state index < -0.39 is 24.6 Å². The molecule has 0 fully saturated rings. The van der Waals surface area contributed by atoms with Crippen LogP contribution in [0.15, 0.2) is 0 Å². The minimum Gasteiger partial charge on any atom is -0.481 e. The zero-order valence-electron chi connectivity index (χ0n) is 9.67. The second-order valence-electron chi connectivity index (χ2n) is 3.92. The minimum absolute atomic E-state index is 0.245. The Morgan fingerprint density at radius 2 is 2.00 bits per heavy atom. The van der Waals surface area contributed by atoms with Crippen LogP contribution in [0.2, 0.25) is 0 Å². The van der Waals surface area contributed by atoms with Gasteiger partial charge in [0.2, 0.25) is 0 Å². The molecule has 1 rings (SSSR count). The molecule has 1 aromatic heterocycles. The van der Waals surface area contributed by atoms with Crippen molar-refractivity contribution in [3.63, 3.8) is 0 Å². The van der Waals surface area contributed by atoms with Crippen molar-refractivity contribution in [2.24, 2.45) is 0 Å². The number of carbonyl (C=O) groups is 1. The van der Waals surface area contributed by atoms with Crippen molar-refractivity contribution >= 4 is 5.97 Å². The van der Waals surface area contributed by atoms with Gasteiger partial charge in [-0.2, -0.15) is 18.3 Å². The number of rotatable bonds is 3. The Bertz CT molecular complexity index is 437. The number of carboxylic acid groups (broad SMARTS) is 1. The number of halogens is 3. The fourth-order valence-corrected chi connectivity index (χ4v) is 1.78. The lowest BCUT2D eigenvalue weighted by Gasteiger charge is -2.10. The lowest BCUT2D eigenvalue weighted by molar-refractivity contribution is -0.143. The first-order valence-electron chi connectivity index (χ1n) is 4.97. The van der Waals surface area contributed by atoms with Gasteiger partial charge in [-0.05, 0) is 20.8 Å². The zero-order chi connectivity index (χ0) is 13.4. The lowest BCUT2D eigenvalue weighted by Crippen LogP contribution is -2.20. The Labute approximate surface area is 96.0 Å². The summed E-state index contributed by atoms with van der Waals surface area (Å²) < 4.78 is 37.5. The second kappa shape index (κ2) is 4.38. The largest absolute Gasteiger partial charge is 0.481 e. The third-order valence-corrected chi connectivity index (χ3v) is 2.57. The Morgan fingerprint density at radius 1 is 1.47 bits per heavy atom. The van der Waals surface area contributed by atoms with Crippen LogP contribution in [-0.2, 0) is 11.3 Å². The van der Waals surface area contributed by atoms with Crippen molar-refractivity contribution in [1.82, 2.24) is 9.78 Å². The van der Waals surface area contributed by atoms with Gasteiger partial charge in [0.1, 0.15) is 6.54 Å². The van der Waals surface area contributed by atoms with Gasteiger partial charge in [-0.3, -0.25) is 9.48 Å². The zero-order valence-corrected chi connectivity index (χ0v) is 9.67. The summed E-state index contributed by atoms with van der Waals surface area (Å²) in [7, 11) is 0. The predicted octanol–water partition coefficient (Wildman–Crippen LogP) is 2.25. The molecule has 0 radical (unpaired) electrons. The fraction of sp³-hybridized carbons (Fsp3) is 0.600. The van der Waals surface area contributed by atoms with E-state index in [1.807, 2.05) is 0 Å². The molecule has 17 heavy (non-hydrogen) atoms. The van der Waals surface area contributed by atoms with Gasteiger partial charge in [-0.1, -0.05) is 0 Å². The SMILES string of the molecule is Cc1nn(CC(F)(F)F)c(C)c1[C@@H](C)C(=O)O.